The van der Waals surface area contributed by atoms with Crippen LogP contribution in [0.25, 0.3) is 11.1 Å². The SMILES string of the molecule is C=C(CCc1ccc(Cl)cc1)N(CC(=O)N(CCN(CC)CC)Cc1ccc(-c2ccc(C(F)(F)F)cc2)cc1)C1=C(C(C)=O)CCC1.CC.CC.CC.CC. The molecule has 0 fully saturated rings. The maximum absolute atomic E-state index is 14.2. The minimum Gasteiger partial charge on any atom is -0.339 e. The van der Waals surface area contributed by atoms with Crippen LogP contribution in [0, 0.1) is 0 Å². The van der Waals surface area contributed by atoms with E-state index in [1.807, 2.05) is 114 Å². The molecule has 0 unspecified atom stereocenters. The summed E-state index contributed by atoms with van der Waals surface area (Å²) in [5, 5.41) is 0.672. The average Bonchev–Trinajstić information content (AvgIpc) is 3.73. The maximum atomic E-state index is 14.2. The van der Waals surface area contributed by atoms with Crippen LogP contribution in [-0.4, -0.2) is 59.1 Å². The number of ketones is 1. The van der Waals surface area contributed by atoms with Gasteiger partial charge in [-0.3, -0.25) is 9.59 Å². The molecule has 0 atom stereocenters. The number of rotatable bonds is 16. The van der Waals surface area contributed by atoms with Crippen LogP contribution in [0.3, 0.4) is 0 Å². The summed E-state index contributed by atoms with van der Waals surface area (Å²) in [7, 11) is 0. The Labute approximate surface area is 342 Å². The summed E-state index contributed by atoms with van der Waals surface area (Å²) in [6.45, 7) is 29.6. The van der Waals surface area contributed by atoms with E-state index in [0.717, 1.165) is 71.7 Å². The summed E-state index contributed by atoms with van der Waals surface area (Å²) < 4.78 is 39.1. The zero-order valence-electron chi connectivity index (χ0n) is 36.1. The van der Waals surface area contributed by atoms with E-state index in [1.165, 1.54) is 12.1 Å². The van der Waals surface area contributed by atoms with Crippen LogP contribution in [0.4, 0.5) is 13.2 Å². The number of hydrogen-bond donors (Lipinski definition) is 0. The van der Waals surface area contributed by atoms with Crippen molar-refractivity contribution in [2.24, 2.45) is 0 Å². The van der Waals surface area contributed by atoms with Gasteiger partial charge in [0, 0.05) is 41.6 Å². The fourth-order valence-corrected chi connectivity index (χ4v) is 6.21. The third-order valence-corrected chi connectivity index (χ3v) is 9.29. The highest BCUT2D eigenvalue weighted by Gasteiger charge is 2.30. The first-order valence-electron chi connectivity index (χ1n) is 20.6. The molecular weight excluding hydrogens is 731 g/mol. The molecule has 0 spiro atoms. The molecule has 56 heavy (non-hydrogen) atoms. The van der Waals surface area contributed by atoms with Gasteiger partial charge in [-0.05, 0) is 98.6 Å². The molecule has 0 radical (unpaired) electrons. The van der Waals surface area contributed by atoms with E-state index in [-0.39, 0.29) is 18.2 Å². The zero-order chi connectivity index (χ0) is 42.8. The smallest absolute Gasteiger partial charge is 0.339 e. The van der Waals surface area contributed by atoms with Gasteiger partial charge in [0.2, 0.25) is 5.91 Å². The van der Waals surface area contributed by atoms with Crippen molar-refractivity contribution in [3.05, 3.63) is 118 Å². The predicted molar refractivity (Wildman–Crippen MR) is 233 cm³/mol. The van der Waals surface area contributed by atoms with Gasteiger partial charge in [-0.1, -0.05) is 136 Å². The Balaban J connectivity index is 0.00000355. The second-order valence-corrected chi connectivity index (χ2v) is 12.7. The highest BCUT2D eigenvalue weighted by molar-refractivity contribution is 6.30. The summed E-state index contributed by atoms with van der Waals surface area (Å²) in [5.41, 5.74) is 5.26. The van der Waals surface area contributed by atoms with Crippen LogP contribution in [0.2, 0.25) is 5.02 Å². The van der Waals surface area contributed by atoms with E-state index in [1.54, 1.807) is 6.92 Å². The van der Waals surface area contributed by atoms with Crippen molar-refractivity contribution < 1.29 is 22.8 Å². The number of hydrogen-bond acceptors (Lipinski definition) is 4. The number of likely N-dealkylation sites (N-methyl/N-ethyl adjacent to an activating group) is 1. The molecule has 1 aliphatic carbocycles. The first kappa shape index (κ1) is 52.1. The number of halogens is 4. The van der Waals surface area contributed by atoms with Gasteiger partial charge in [-0.2, -0.15) is 13.2 Å². The normalized spacial score (nSPS) is 11.8. The number of amides is 1. The molecule has 0 saturated carbocycles. The molecule has 0 saturated heterocycles. The standard InChI is InChI=1S/C39H45ClF3N3O2.4C2H6/c1-5-44(6-2)24-25-45(26-31-12-16-32(17-13-31)33-18-20-34(21-19-33)39(41,42)43)38(48)27-46(37-9-7-8-36(37)29(4)47)28(3)10-11-30-14-22-35(40)23-15-30;4*1-2/h12-23H,3,5-11,24-27H2,1-2,4H3;4*1-2H3. The molecule has 0 aliphatic heterocycles. The van der Waals surface area contributed by atoms with Crippen molar-refractivity contribution in [1.82, 2.24) is 14.7 Å². The number of Topliss-reactive ketones (excluding diaryl/α,β-unsaturated/α-hetero) is 1. The van der Waals surface area contributed by atoms with Gasteiger partial charge < -0.3 is 14.7 Å². The van der Waals surface area contributed by atoms with Gasteiger partial charge in [-0.15, -0.1) is 0 Å². The van der Waals surface area contributed by atoms with Crippen molar-refractivity contribution in [2.75, 3.05) is 32.7 Å². The van der Waals surface area contributed by atoms with Gasteiger partial charge >= 0.3 is 6.18 Å². The Bertz CT molecular complexity index is 1580. The number of allylic oxidation sites excluding steroid dienone is 3. The Hall–Kier alpha value is -3.88. The van der Waals surface area contributed by atoms with Crippen LogP contribution in [0.1, 0.15) is 119 Å². The van der Waals surface area contributed by atoms with E-state index < -0.39 is 11.7 Å². The van der Waals surface area contributed by atoms with Crippen molar-refractivity contribution in [3.63, 3.8) is 0 Å². The fraction of sp³-hybridized carbons (Fsp3) is 0.489. The van der Waals surface area contributed by atoms with Crippen molar-refractivity contribution in [2.45, 2.75) is 121 Å². The number of alkyl halides is 3. The summed E-state index contributed by atoms with van der Waals surface area (Å²) in [4.78, 5) is 32.9. The highest BCUT2D eigenvalue weighted by Crippen LogP contribution is 2.33. The van der Waals surface area contributed by atoms with Crippen molar-refractivity contribution in [3.8, 4) is 11.1 Å². The lowest BCUT2D eigenvalue weighted by Gasteiger charge is -2.33. The molecule has 5 nitrogen and oxygen atoms in total. The van der Waals surface area contributed by atoms with Crippen LogP contribution < -0.4 is 0 Å². The number of carbonyl (C=O) groups is 2. The lowest BCUT2D eigenvalue weighted by atomic mass is 10.0. The van der Waals surface area contributed by atoms with Crippen molar-refractivity contribution >= 4 is 23.3 Å². The summed E-state index contributed by atoms with van der Waals surface area (Å²) in [6.07, 6.45) is -0.779. The largest absolute Gasteiger partial charge is 0.416 e. The molecule has 0 aromatic heterocycles. The lowest BCUT2D eigenvalue weighted by Crippen LogP contribution is -2.43. The Morgan fingerprint density at radius 1 is 0.732 bits per heavy atom. The first-order valence-corrected chi connectivity index (χ1v) is 21.0. The van der Waals surface area contributed by atoms with Crippen molar-refractivity contribution in [1.29, 1.82) is 0 Å². The molecule has 0 bridgehead atoms. The third-order valence-electron chi connectivity index (χ3n) is 9.04. The van der Waals surface area contributed by atoms with Gasteiger partial charge in [0.05, 0.1) is 5.56 Å². The number of carbonyl (C=O) groups excluding carboxylic acids is 2. The molecular formula is C47H69ClF3N3O2. The third kappa shape index (κ3) is 17.1. The first-order chi connectivity index (χ1) is 26.9. The fourth-order valence-electron chi connectivity index (χ4n) is 6.08. The van der Waals surface area contributed by atoms with E-state index in [9.17, 15) is 22.8 Å². The average molecular weight is 801 g/mol. The molecule has 4 rings (SSSR count). The second kappa shape index (κ2) is 28.5. The zero-order valence-corrected chi connectivity index (χ0v) is 36.8. The molecule has 312 valence electrons. The Morgan fingerprint density at radius 2 is 1.23 bits per heavy atom. The number of aryl methyl sites for hydroxylation is 1. The van der Waals surface area contributed by atoms with Crippen LogP contribution in [0.15, 0.2) is 96.3 Å². The van der Waals surface area contributed by atoms with Crippen LogP contribution in [0.5, 0.6) is 0 Å². The summed E-state index contributed by atoms with van der Waals surface area (Å²) >= 11 is 6.08. The number of nitrogens with zero attached hydrogens (tertiary/aromatic N) is 3. The molecule has 9 heteroatoms. The van der Waals surface area contributed by atoms with E-state index in [0.29, 0.717) is 49.5 Å². The topological polar surface area (TPSA) is 43.9 Å². The monoisotopic (exact) mass is 800 g/mol. The molecule has 3 aromatic rings. The minimum atomic E-state index is -4.38. The Kier molecular flexibility index (Phi) is 26.5. The van der Waals surface area contributed by atoms with E-state index >= 15 is 0 Å². The van der Waals surface area contributed by atoms with Gasteiger partial charge in [-0.25, -0.2) is 0 Å². The number of benzene rings is 3. The second-order valence-electron chi connectivity index (χ2n) is 12.2. The van der Waals surface area contributed by atoms with Gasteiger partial charge in [0.25, 0.3) is 0 Å². The highest BCUT2D eigenvalue weighted by atomic mass is 35.5. The molecule has 1 amide bonds. The molecule has 0 N–H and O–H groups in total. The Morgan fingerprint density at radius 3 is 1.71 bits per heavy atom. The summed E-state index contributed by atoms with van der Waals surface area (Å²) in [5.74, 6) is -0.0408. The van der Waals surface area contributed by atoms with E-state index in [2.05, 4.69) is 25.3 Å². The quantitative estimate of drug-likeness (QED) is 0.145. The lowest BCUT2D eigenvalue weighted by molar-refractivity contribution is -0.137. The van der Waals surface area contributed by atoms with Gasteiger partial charge in [0.15, 0.2) is 5.78 Å². The summed E-state index contributed by atoms with van der Waals surface area (Å²) in [6, 6.07) is 20.4. The predicted octanol–water partition coefficient (Wildman–Crippen LogP) is 13.3. The van der Waals surface area contributed by atoms with E-state index in [4.69, 9.17) is 11.6 Å². The maximum Gasteiger partial charge on any atom is 0.416 e. The molecule has 3 aromatic carbocycles. The van der Waals surface area contributed by atoms with Crippen LogP contribution in [-0.2, 0) is 28.7 Å². The molecule has 0 heterocycles. The molecule has 1 aliphatic rings. The minimum absolute atomic E-state index is 0.0250. The van der Waals surface area contributed by atoms with Crippen LogP contribution >= 0.6 is 11.6 Å². The van der Waals surface area contributed by atoms with Gasteiger partial charge in [0.1, 0.15) is 6.54 Å².